The van der Waals surface area contributed by atoms with E-state index in [-0.39, 0.29) is 0 Å². The smallest absolute Gasteiger partial charge is 0.0443 e. The summed E-state index contributed by atoms with van der Waals surface area (Å²) in [5.74, 6) is 0.320. The van der Waals surface area contributed by atoms with E-state index < -0.39 is 0 Å². The van der Waals surface area contributed by atoms with Crippen LogP contribution in [0.2, 0.25) is 0 Å². The average molecular weight is 519 g/mol. The second-order valence-electron chi connectivity index (χ2n) is 10.4. The summed E-state index contributed by atoms with van der Waals surface area (Å²) in [4.78, 5) is 0. The maximum Gasteiger partial charge on any atom is 0.0443 e. The Labute approximate surface area is 228 Å². The van der Waals surface area contributed by atoms with Gasteiger partial charge in [-0.05, 0) is 52.3 Å². The van der Waals surface area contributed by atoms with Gasteiger partial charge >= 0.3 is 0 Å². The van der Waals surface area contributed by atoms with Crippen molar-refractivity contribution in [1.29, 1.82) is 0 Å². The van der Waals surface area contributed by atoms with Gasteiger partial charge in [0.05, 0.1) is 0 Å². The summed E-state index contributed by atoms with van der Waals surface area (Å²) in [6.45, 7) is 0. The zero-order chi connectivity index (χ0) is 24.8. The van der Waals surface area contributed by atoms with Crippen LogP contribution in [0.5, 0.6) is 0 Å². The molecule has 1 aliphatic carbocycles. The van der Waals surface area contributed by atoms with Crippen molar-refractivity contribution in [2.24, 2.45) is 0 Å². The third-order valence-electron chi connectivity index (χ3n) is 8.44. The molecule has 38 heavy (non-hydrogen) atoms. The molecule has 0 bridgehead atoms. The number of benzene rings is 6. The first-order chi connectivity index (χ1) is 18.9. The van der Waals surface area contributed by atoms with Gasteiger partial charge in [0.1, 0.15) is 0 Å². The molecule has 0 fully saturated rings. The topological polar surface area (TPSA) is 0 Å². The van der Waals surface area contributed by atoms with Gasteiger partial charge in [0.15, 0.2) is 0 Å². The molecule has 1 aliphatic rings. The molecule has 0 saturated carbocycles. The zero-order valence-corrected chi connectivity index (χ0v) is 22.2. The molecule has 9 rings (SSSR count). The fourth-order valence-electron chi connectivity index (χ4n) is 6.89. The van der Waals surface area contributed by atoms with Crippen molar-refractivity contribution in [3.63, 3.8) is 0 Å². The Balaban J connectivity index is 1.60. The molecule has 2 heterocycles. The van der Waals surface area contributed by atoms with Crippen LogP contribution in [-0.4, -0.2) is 0 Å². The van der Waals surface area contributed by atoms with E-state index in [4.69, 9.17) is 0 Å². The lowest BCUT2D eigenvalue weighted by atomic mass is 9.73. The minimum Gasteiger partial charge on any atom is -0.135 e. The monoisotopic (exact) mass is 518 g/mol. The van der Waals surface area contributed by atoms with Crippen molar-refractivity contribution < 1.29 is 0 Å². The molecular formula is C36H22S2. The highest BCUT2D eigenvalue weighted by Gasteiger charge is 2.32. The summed E-state index contributed by atoms with van der Waals surface area (Å²) >= 11 is 3.89. The standard InChI is InChI=1S/C36H22S2/c1-2-10-21(11-3-1)27-20-22-12-4-5-13-23(22)34-31(27)26-18-19-30-32(24-14-6-8-16-28(24)37-30)33(26)35-25-15-7-9-17-29(25)38-36(34)35/h1-19,27H,20H2. The number of fused-ring (bicyclic) bond motifs is 14. The van der Waals surface area contributed by atoms with Crippen molar-refractivity contribution >= 4 is 73.8 Å². The van der Waals surface area contributed by atoms with E-state index in [0.717, 1.165) is 6.42 Å². The molecule has 0 radical (unpaired) electrons. The Morgan fingerprint density at radius 3 is 2.03 bits per heavy atom. The molecule has 0 aliphatic heterocycles. The lowest BCUT2D eigenvalue weighted by Gasteiger charge is -2.31. The quantitative estimate of drug-likeness (QED) is 0.203. The van der Waals surface area contributed by atoms with E-state index in [1.807, 2.05) is 22.7 Å². The molecule has 6 aromatic carbocycles. The van der Waals surface area contributed by atoms with Gasteiger partial charge in [0.25, 0.3) is 0 Å². The molecule has 0 amide bonds. The number of rotatable bonds is 1. The first-order valence-electron chi connectivity index (χ1n) is 13.2. The fourth-order valence-corrected chi connectivity index (χ4v) is 9.29. The van der Waals surface area contributed by atoms with Crippen molar-refractivity contribution in [3.8, 4) is 11.1 Å². The Kier molecular flexibility index (Phi) is 4.29. The second-order valence-corrected chi connectivity index (χ2v) is 12.5. The van der Waals surface area contributed by atoms with Crippen LogP contribution in [0, 0.1) is 0 Å². The highest BCUT2D eigenvalue weighted by atomic mass is 32.1. The maximum absolute atomic E-state index is 2.43. The fraction of sp³-hybridized carbons (Fsp3) is 0.0556. The largest absolute Gasteiger partial charge is 0.135 e. The van der Waals surface area contributed by atoms with Crippen LogP contribution < -0.4 is 0 Å². The molecule has 1 atom stereocenters. The van der Waals surface area contributed by atoms with Gasteiger partial charge in [0, 0.05) is 57.2 Å². The SMILES string of the molecule is c1ccc(C2Cc3ccccc3-c3c2c2ccc4sc5ccccc5c4c2c2c3sc3ccccc32)cc1. The summed E-state index contributed by atoms with van der Waals surface area (Å²) in [6, 6.07) is 43.1. The van der Waals surface area contributed by atoms with Gasteiger partial charge < -0.3 is 0 Å². The zero-order valence-electron chi connectivity index (χ0n) is 20.6. The Hall–Kier alpha value is -3.98. The van der Waals surface area contributed by atoms with E-state index in [1.165, 1.54) is 78.9 Å². The van der Waals surface area contributed by atoms with E-state index in [1.54, 1.807) is 0 Å². The third-order valence-corrected chi connectivity index (χ3v) is 10.8. The van der Waals surface area contributed by atoms with Gasteiger partial charge in [-0.3, -0.25) is 0 Å². The predicted octanol–water partition coefficient (Wildman–Crippen LogP) is 10.9. The Morgan fingerprint density at radius 2 is 1.18 bits per heavy atom. The van der Waals surface area contributed by atoms with E-state index >= 15 is 0 Å². The molecule has 8 aromatic rings. The average Bonchev–Trinajstić information content (AvgIpc) is 3.56. The first-order valence-corrected chi connectivity index (χ1v) is 14.8. The van der Waals surface area contributed by atoms with E-state index in [2.05, 4.69) is 115 Å². The molecule has 0 spiro atoms. The van der Waals surface area contributed by atoms with Crippen molar-refractivity contribution in [2.45, 2.75) is 12.3 Å². The molecule has 2 heteroatoms. The summed E-state index contributed by atoms with van der Waals surface area (Å²) < 4.78 is 5.55. The minimum atomic E-state index is 0.320. The van der Waals surface area contributed by atoms with Gasteiger partial charge in [-0.1, -0.05) is 97.1 Å². The van der Waals surface area contributed by atoms with Crippen LogP contribution in [0.3, 0.4) is 0 Å². The third kappa shape index (κ3) is 2.74. The molecular weight excluding hydrogens is 497 g/mol. The van der Waals surface area contributed by atoms with Crippen LogP contribution in [0.4, 0.5) is 0 Å². The summed E-state index contributed by atoms with van der Waals surface area (Å²) in [6.07, 6.45) is 1.03. The second kappa shape index (κ2) is 7.77. The molecule has 0 saturated heterocycles. The summed E-state index contributed by atoms with van der Waals surface area (Å²) in [7, 11) is 0. The Morgan fingerprint density at radius 1 is 0.500 bits per heavy atom. The highest BCUT2D eigenvalue weighted by Crippen LogP contribution is 2.55. The van der Waals surface area contributed by atoms with Crippen molar-refractivity contribution in [3.05, 3.63) is 132 Å². The van der Waals surface area contributed by atoms with Gasteiger partial charge in [0.2, 0.25) is 0 Å². The lowest BCUT2D eigenvalue weighted by molar-refractivity contribution is 0.803. The molecule has 2 aromatic heterocycles. The molecule has 0 N–H and O–H groups in total. The van der Waals surface area contributed by atoms with Crippen LogP contribution in [0.25, 0.3) is 62.2 Å². The van der Waals surface area contributed by atoms with E-state index in [0.29, 0.717) is 5.92 Å². The van der Waals surface area contributed by atoms with Gasteiger partial charge in [-0.25, -0.2) is 0 Å². The van der Waals surface area contributed by atoms with Gasteiger partial charge in [-0.2, -0.15) is 0 Å². The maximum atomic E-state index is 2.43. The molecule has 0 nitrogen and oxygen atoms in total. The molecule has 178 valence electrons. The van der Waals surface area contributed by atoms with Crippen LogP contribution in [0.1, 0.15) is 22.6 Å². The van der Waals surface area contributed by atoms with Crippen LogP contribution in [-0.2, 0) is 6.42 Å². The van der Waals surface area contributed by atoms with Crippen molar-refractivity contribution in [1.82, 2.24) is 0 Å². The number of hydrogen-bond donors (Lipinski definition) is 0. The first kappa shape index (κ1) is 21.0. The predicted molar refractivity (Wildman–Crippen MR) is 167 cm³/mol. The number of hydrogen-bond acceptors (Lipinski definition) is 2. The minimum absolute atomic E-state index is 0.320. The highest BCUT2D eigenvalue weighted by molar-refractivity contribution is 7.27. The van der Waals surface area contributed by atoms with E-state index in [9.17, 15) is 0 Å². The molecule has 1 unspecified atom stereocenters. The van der Waals surface area contributed by atoms with Gasteiger partial charge in [-0.15, -0.1) is 22.7 Å². The summed E-state index contributed by atoms with van der Waals surface area (Å²) in [5.41, 5.74) is 7.21. The Bertz CT molecular complexity index is 2210. The van der Waals surface area contributed by atoms with Crippen LogP contribution in [0.15, 0.2) is 115 Å². The normalized spacial score (nSPS) is 15.0. The van der Waals surface area contributed by atoms with Crippen LogP contribution >= 0.6 is 22.7 Å². The summed E-state index contributed by atoms with van der Waals surface area (Å²) in [5, 5.41) is 8.45. The number of thiophene rings is 2. The van der Waals surface area contributed by atoms with Crippen molar-refractivity contribution in [2.75, 3.05) is 0 Å². The lowest BCUT2D eigenvalue weighted by Crippen LogP contribution is -2.13.